The van der Waals surface area contributed by atoms with Crippen molar-refractivity contribution in [1.29, 1.82) is 0 Å². The summed E-state index contributed by atoms with van der Waals surface area (Å²) in [4.78, 5) is 2.46. The summed E-state index contributed by atoms with van der Waals surface area (Å²) in [6, 6.07) is 4.03. The molecular weight excluding hydrogens is 320 g/mol. The van der Waals surface area contributed by atoms with Gasteiger partial charge >= 0.3 is 0 Å². The number of nitrogens with zero attached hydrogens (tertiary/aromatic N) is 1. The predicted octanol–water partition coefficient (Wildman–Crippen LogP) is 2.64. The molecule has 1 aromatic carbocycles. The van der Waals surface area contributed by atoms with Crippen molar-refractivity contribution >= 4 is 15.9 Å². The molecule has 1 aromatic rings. The molecule has 0 saturated carbocycles. The molecule has 112 valence electrons. The number of piperidine rings is 1. The number of nitrogens with two attached hydrogens (primary N) is 1. The van der Waals surface area contributed by atoms with Crippen LogP contribution >= 0.6 is 15.9 Å². The lowest BCUT2D eigenvalue weighted by molar-refractivity contribution is 0.178. The summed E-state index contributed by atoms with van der Waals surface area (Å²) in [7, 11) is 3.39. The van der Waals surface area contributed by atoms with Crippen LogP contribution in [0.15, 0.2) is 16.6 Å². The molecule has 0 spiro atoms. The summed E-state index contributed by atoms with van der Waals surface area (Å²) in [6.45, 7) is 3.90. The van der Waals surface area contributed by atoms with Gasteiger partial charge in [-0.2, -0.15) is 0 Å². The topological polar surface area (TPSA) is 47.7 Å². The van der Waals surface area contributed by atoms with Crippen LogP contribution in [-0.4, -0.2) is 38.8 Å². The summed E-state index contributed by atoms with van der Waals surface area (Å²) in [5, 5.41) is 0. The molecule has 1 aliphatic heterocycles. The van der Waals surface area contributed by atoms with Crippen LogP contribution in [0.3, 0.4) is 0 Å². The van der Waals surface area contributed by atoms with Crippen molar-refractivity contribution in [2.24, 2.45) is 11.7 Å². The third-order valence-electron chi connectivity index (χ3n) is 3.99. The third kappa shape index (κ3) is 3.65. The number of likely N-dealkylation sites (tertiary alicyclic amines) is 1. The molecule has 1 aliphatic rings. The highest BCUT2D eigenvalue weighted by Gasteiger charge is 2.20. The summed E-state index contributed by atoms with van der Waals surface area (Å²) >= 11 is 3.49. The Labute approximate surface area is 129 Å². The smallest absolute Gasteiger partial charge is 0.133 e. The molecule has 0 amide bonds. The van der Waals surface area contributed by atoms with E-state index in [0.717, 1.165) is 42.2 Å². The van der Waals surface area contributed by atoms with Gasteiger partial charge in [0.25, 0.3) is 0 Å². The first-order valence-electron chi connectivity index (χ1n) is 7.00. The molecule has 0 atom stereocenters. The molecule has 2 rings (SSSR count). The highest BCUT2D eigenvalue weighted by Crippen LogP contribution is 2.33. The first kappa shape index (κ1) is 15.6. The van der Waals surface area contributed by atoms with E-state index >= 15 is 0 Å². The largest absolute Gasteiger partial charge is 0.496 e. The fraction of sp³-hybridized carbons (Fsp3) is 0.600. The van der Waals surface area contributed by atoms with Gasteiger partial charge < -0.3 is 15.2 Å². The van der Waals surface area contributed by atoms with E-state index in [9.17, 15) is 0 Å². The van der Waals surface area contributed by atoms with Gasteiger partial charge in [0.15, 0.2) is 0 Å². The summed E-state index contributed by atoms with van der Waals surface area (Å²) in [6.07, 6.45) is 2.37. The van der Waals surface area contributed by atoms with Crippen molar-refractivity contribution < 1.29 is 9.47 Å². The summed E-state index contributed by atoms with van der Waals surface area (Å²) in [5.41, 5.74) is 6.91. The summed E-state index contributed by atoms with van der Waals surface area (Å²) in [5.74, 6) is 2.43. The minimum absolute atomic E-state index is 0.688. The van der Waals surface area contributed by atoms with E-state index in [-0.39, 0.29) is 0 Å². The highest BCUT2D eigenvalue weighted by molar-refractivity contribution is 9.10. The van der Waals surface area contributed by atoms with Crippen LogP contribution in [0.4, 0.5) is 0 Å². The lowest BCUT2D eigenvalue weighted by Crippen LogP contribution is -2.35. The number of ether oxygens (including phenoxy) is 2. The lowest BCUT2D eigenvalue weighted by Gasteiger charge is -2.31. The lowest BCUT2D eigenvalue weighted by atomic mass is 9.97. The van der Waals surface area contributed by atoms with E-state index in [1.54, 1.807) is 14.2 Å². The fourth-order valence-corrected chi connectivity index (χ4v) is 3.15. The number of halogens is 1. The van der Waals surface area contributed by atoms with Crippen molar-refractivity contribution in [3.05, 3.63) is 22.2 Å². The van der Waals surface area contributed by atoms with E-state index in [4.69, 9.17) is 15.2 Å². The maximum atomic E-state index is 5.74. The molecule has 1 fully saturated rings. The monoisotopic (exact) mass is 342 g/mol. The number of rotatable bonds is 5. The molecule has 5 heteroatoms. The van der Waals surface area contributed by atoms with Crippen molar-refractivity contribution in [3.8, 4) is 11.5 Å². The van der Waals surface area contributed by atoms with Gasteiger partial charge in [-0.25, -0.2) is 0 Å². The fourth-order valence-electron chi connectivity index (χ4n) is 2.67. The number of hydrogen-bond acceptors (Lipinski definition) is 4. The maximum absolute atomic E-state index is 5.74. The second-order valence-corrected chi connectivity index (χ2v) is 6.11. The first-order valence-corrected chi connectivity index (χ1v) is 7.80. The second kappa shape index (κ2) is 7.29. The zero-order valence-electron chi connectivity index (χ0n) is 12.2. The van der Waals surface area contributed by atoms with Gasteiger partial charge in [-0.15, -0.1) is 0 Å². The van der Waals surface area contributed by atoms with Crippen molar-refractivity contribution in [2.45, 2.75) is 19.4 Å². The molecule has 0 unspecified atom stereocenters. The molecule has 2 N–H and O–H groups in total. The van der Waals surface area contributed by atoms with Gasteiger partial charge in [0.2, 0.25) is 0 Å². The Hall–Kier alpha value is -0.780. The van der Waals surface area contributed by atoms with Gasteiger partial charge in [-0.1, -0.05) is 0 Å². The number of benzene rings is 1. The van der Waals surface area contributed by atoms with Crippen LogP contribution < -0.4 is 15.2 Å². The Morgan fingerprint density at radius 1 is 1.20 bits per heavy atom. The molecule has 1 heterocycles. The van der Waals surface area contributed by atoms with Crippen LogP contribution in [0.25, 0.3) is 0 Å². The van der Waals surface area contributed by atoms with Crippen LogP contribution in [0.5, 0.6) is 11.5 Å². The Kier molecular flexibility index (Phi) is 5.69. The number of methoxy groups -OCH3 is 2. The Morgan fingerprint density at radius 3 is 2.40 bits per heavy atom. The van der Waals surface area contributed by atoms with Crippen LogP contribution in [0, 0.1) is 5.92 Å². The minimum atomic E-state index is 0.688. The first-order chi connectivity index (χ1) is 9.67. The molecule has 0 aromatic heterocycles. The van der Waals surface area contributed by atoms with Crippen LogP contribution in [-0.2, 0) is 6.54 Å². The van der Waals surface area contributed by atoms with Crippen molar-refractivity contribution in [2.75, 3.05) is 33.9 Å². The van der Waals surface area contributed by atoms with E-state index in [2.05, 4.69) is 26.9 Å². The van der Waals surface area contributed by atoms with Gasteiger partial charge in [-0.05, 0) is 66.5 Å². The predicted molar refractivity (Wildman–Crippen MR) is 84.3 cm³/mol. The highest BCUT2D eigenvalue weighted by atomic mass is 79.9. The van der Waals surface area contributed by atoms with E-state index in [1.807, 2.05) is 6.07 Å². The zero-order valence-corrected chi connectivity index (χ0v) is 13.8. The maximum Gasteiger partial charge on any atom is 0.133 e. The normalized spacial score (nSPS) is 17.2. The van der Waals surface area contributed by atoms with E-state index < -0.39 is 0 Å². The molecule has 1 saturated heterocycles. The Morgan fingerprint density at radius 2 is 1.85 bits per heavy atom. The SMILES string of the molecule is COc1cc(CN2CCC(CN)CC2)c(OC)cc1Br. The minimum Gasteiger partial charge on any atom is -0.496 e. The standard InChI is InChI=1S/C15H23BrN2O2/c1-19-14-8-13(16)15(20-2)7-12(14)10-18-5-3-11(9-17)4-6-18/h7-8,11H,3-6,9-10,17H2,1-2H3. The summed E-state index contributed by atoms with van der Waals surface area (Å²) < 4.78 is 11.8. The molecule has 20 heavy (non-hydrogen) atoms. The quantitative estimate of drug-likeness (QED) is 0.893. The average molecular weight is 343 g/mol. The van der Waals surface area contributed by atoms with E-state index in [0.29, 0.717) is 5.92 Å². The van der Waals surface area contributed by atoms with Gasteiger partial charge in [0, 0.05) is 12.1 Å². The molecule has 4 nitrogen and oxygen atoms in total. The van der Waals surface area contributed by atoms with Crippen LogP contribution in [0.1, 0.15) is 18.4 Å². The molecular formula is C15H23BrN2O2. The van der Waals surface area contributed by atoms with E-state index in [1.165, 1.54) is 18.4 Å². The Balaban J connectivity index is 2.08. The molecule has 0 aliphatic carbocycles. The van der Waals surface area contributed by atoms with Gasteiger partial charge in [-0.3, -0.25) is 4.90 Å². The number of hydrogen-bond donors (Lipinski definition) is 1. The third-order valence-corrected chi connectivity index (χ3v) is 4.61. The van der Waals surface area contributed by atoms with Crippen molar-refractivity contribution in [1.82, 2.24) is 4.90 Å². The second-order valence-electron chi connectivity index (χ2n) is 5.25. The van der Waals surface area contributed by atoms with Crippen molar-refractivity contribution in [3.63, 3.8) is 0 Å². The van der Waals surface area contributed by atoms with Gasteiger partial charge in [0.05, 0.1) is 18.7 Å². The average Bonchev–Trinajstić information content (AvgIpc) is 2.49. The van der Waals surface area contributed by atoms with Crippen LogP contribution in [0.2, 0.25) is 0 Å². The Bertz CT molecular complexity index is 446. The van der Waals surface area contributed by atoms with Gasteiger partial charge in [0.1, 0.15) is 11.5 Å². The zero-order chi connectivity index (χ0) is 14.5. The molecule has 0 radical (unpaired) electrons. The molecule has 0 bridgehead atoms.